The molecule has 2 aliphatic heterocycles. The van der Waals surface area contributed by atoms with Crippen LogP contribution in [0, 0.1) is 5.82 Å². The van der Waals surface area contributed by atoms with E-state index in [1.807, 2.05) is 12.1 Å². The smallest absolute Gasteiger partial charge is 0.269 e. The predicted octanol–water partition coefficient (Wildman–Crippen LogP) is 1.68. The lowest BCUT2D eigenvalue weighted by atomic mass is 10.1. The van der Waals surface area contributed by atoms with Gasteiger partial charge < -0.3 is 19.9 Å². The number of benzene rings is 1. The zero-order chi connectivity index (χ0) is 22.2. The average Bonchev–Trinajstić information content (AvgIpc) is 3.32. The van der Waals surface area contributed by atoms with Gasteiger partial charge in [-0.25, -0.2) is 9.37 Å². The summed E-state index contributed by atoms with van der Waals surface area (Å²) in [7, 11) is 1.58. The van der Waals surface area contributed by atoms with Gasteiger partial charge in [-0.05, 0) is 18.2 Å². The molecule has 2 aliphatic rings. The Balaban J connectivity index is 1.28. The second kappa shape index (κ2) is 8.23. The van der Waals surface area contributed by atoms with Crippen LogP contribution >= 0.6 is 0 Å². The van der Waals surface area contributed by atoms with Crippen LogP contribution in [-0.4, -0.2) is 60.6 Å². The summed E-state index contributed by atoms with van der Waals surface area (Å²) in [4.78, 5) is 35.3. The largest absolute Gasteiger partial charge is 0.492 e. The maximum Gasteiger partial charge on any atom is 0.269 e. The van der Waals surface area contributed by atoms with Crippen LogP contribution in [0.15, 0.2) is 35.3 Å². The molecule has 0 atom stereocenters. The van der Waals surface area contributed by atoms with Crippen LogP contribution in [-0.2, 0) is 13.0 Å². The number of aromatic amines is 1. The van der Waals surface area contributed by atoms with Gasteiger partial charge in [0.2, 0.25) is 0 Å². The minimum atomic E-state index is -0.394. The number of ether oxygens (including phenoxy) is 1. The second-order valence-electron chi connectivity index (χ2n) is 8.07. The third kappa shape index (κ3) is 3.58. The number of rotatable bonds is 4. The van der Waals surface area contributed by atoms with E-state index in [-0.39, 0.29) is 17.0 Å². The standard InChI is InChI=1S/C23H24FN5O3/c1-25-23(31)18-5-3-15(12-26-18)29-9-7-28(8-10-29)13-14-2-4-16-20(19(14)24)27-22(30)17-6-11-32-21(16)17/h2-5,12H,6-11,13H2,1H3,(H,25,31)(H,27,30). The molecule has 0 saturated carbocycles. The zero-order valence-corrected chi connectivity index (χ0v) is 17.8. The van der Waals surface area contributed by atoms with Gasteiger partial charge in [0.15, 0.2) is 5.82 Å². The predicted molar refractivity (Wildman–Crippen MR) is 119 cm³/mol. The molecule has 1 aromatic carbocycles. The third-order valence-corrected chi connectivity index (χ3v) is 6.19. The number of nitrogens with one attached hydrogen (secondary N) is 2. The highest BCUT2D eigenvalue weighted by Crippen LogP contribution is 2.32. The van der Waals surface area contributed by atoms with Gasteiger partial charge in [0.1, 0.15) is 11.4 Å². The summed E-state index contributed by atoms with van der Waals surface area (Å²) in [6, 6.07) is 7.23. The van der Waals surface area contributed by atoms with E-state index in [1.165, 1.54) is 0 Å². The Bertz CT molecular complexity index is 1230. The number of aromatic nitrogens is 2. The van der Waals surface area contributed by atoms with Crippen LogP contribution in [0.2, 0.25) is 0 Å². The molecule has 0 radical (unpaired) electrons. The van der Waals surface area contributed by atoms with Crippen LogP contribution in [0.4, 0.5) is 10.1 Å². The molecule has 0 bridgehead atoms. The summed E-state index contributed by atoms with van der Waals surface area (Å²) in [5, 5.41) is 3.18. The number of fused-ring (bicyclic) bond motifs is 3. The van der Waals surface area contributed by atoms with Gasteiger partial charge in [-0.1, -0.05) is 6.07 Å². The summed E-state index contributed by atoms with van der Waals surface area (Å²) < 4.78 is 20.8. The maximum absolute atomic E-state index is 15.2. The Hall–Kier alpha value is -3.46. The number of amides is 1. The first-order valence-corrected chi connectivity index (χ1v) is 10.7. The number of H-pyrrole nitrogens is 1. The number of hydrogen-bond acceptors (Lipinski definition) is 6. The van der Waals surface area contributed by atoms with Crippen molar-refractivity contribution in [2.75, 3.05) is 44.7 Å². The molecule has 1 fully saturated rings. The van der Waals surface area contributed by atoms with Crippen molar-refractivity contribution < 1.29 is 13.9 Å². The van der Waals surface area contributed by atoms with E-state index in [9.17, 15) is 9.59 Å². The Labute approximate surface area is 184 Å². The molecule has 5 rings (SSSR count). The normalized spacial score (nSPS) is 16.1. The fourth-order valence-corrected chi connectivity index (χ4v) is 4.40. The number of carbonyl (C=O) groups excluding carboxylic acids is 1. The number of carbonyl (C=O) groups is 1. The van der Waals surface area contributed by atoms with Crippen molar-refractivity contribution in [2.45, 2.75) is 13.0 Å². The Morgan fingerprint density at radius 1 is 1.22 bits per heavy atom. The molecular weight excluding hydrogens is 413 g/mol. The molecule has 0 unspecified atom stereocenters. The van der Waals surface area contributed by atoms with Crippen molar-refractivity contribution in [3.05, 3.63) is 63.5 Å². The van der Waals surface area contributed by atoms with Crippen LogP contribution in [0.5, 0.6) is 5.75 Å². The summed E-state index contributed by atoms with van der Waals surface area (Å²) in [6.45, 7) is 3.98. The molecule has 166 valence electrons. The summed E-state index contributed by atoms with van der Waals surface area (Å²) in [5.74, 6) is -0.0928. The quantitative estimate of drug-likeness (QED) is 0.646. The van der Waals surface area contributed by atoms with Crippen molar-refractivity contribution in [3.63, 3.8) is 0 Å². The lowest BCUT2D eigenvalue weighted by molar-refractivity contribution is 0.0958. The van der Waals surface area contributed by atoms with Gasteiger partial charge >= 0.3 is 0 Å². The topological polar surface area (TPSA) is 90.6 Å². The van der Waals surface area contributed by atoms with E-state index in [0.717, 1.165) is 31.9 Å². The Morgan fingerprint density at radius 3 is 2.75 bits per heavy atom. The lowest BCUT2D eigenvalue weighted by Gasteiger charge is -2.36. The van der Waals surface area contributed by atoms with Crippen molar-refractivity contribution >= 4 is 22.5 Å². The van der Waals surface area contributed by atoms with Gasteiger partial charge in [0.25, 0.3) is 11.5 Å². The fraction of sp³-hybridized carbons (Fsp3) is 0.348. The number of anilines is 1. The van der Waals surface area contributed by atoms with E-state index >= 15 is 4.39 Å². The molecule has 2 aromatic heterocycles. The first-order valence-electron chi connectivity index (χ1n) is 10.7. The van der Waals surface area contributed by atoms with E-state index in [4.69, 9.17) is 4.74 Å². The van der Waals surface area contributed by atoms with E-state index in [2.05, 4.69) is 25.1 Å². The van der Waals surface area contributed by atoms with Gasteiger partial charge in [-0.2, -0.15) is 0 Å². The van der Waals surface area contributed by atoms with Crippen LogP contribution in [0.25, 0.3) is 10.9 Å². The Morgan fingerprint density at radius 2 is 2.03 bits per heavy atom. The van der Waals surface area contributed by atoms with Crippen LogP contribution in [0.3, 0.4) is 0 Å². The highest BCUT2D eigenvalue weighted by atomic mass is 19.1. The SMILES string of the molecule is CNC(=O)c1ccc(N2CCN(Cc3ccc4c5c(c(=O)[nH]c4c3F)CCO5)CC2)cn1. The summed E-state index contributed by atoms with van der Waals surface area (Å²) >= 11 is 0. The number of halogens is 1. The molecule has 0 aliphatic carbocycles. The first-order chi connectivity index (χ1) is 15.5. The minimum absolute atomic E-state index is 0.211. The molecule has 1 amide bonds. The van der Waals surface area contributed by atoms with Gasteiger partial charge in [0.05, 0.1) is 29.6 Å². The molecule has 32 heavy (non-hydrogen) atoms. The van der Waals surface area contributed by atoms with Crippen molar-refractivity contribution in [3.8, 4) is 5.75 Å². The highest BCUT2D eigenvalue weighted by molar-refractivity contribution is 5.92. The lowest BCUT2D eigenvalue weighted by Crippen LogP contribution is -2.46. The molecule has 8 nitrogen and oxygen atoms in total. The van der Waals surface area contributed by atoms with Gasteiger partial charge in [-0.15, -0.1) is 0 Å². The van der Waals surface area contributed by atoms with E-state index in [0.29, 0.717) is 47.5 Å². The monoisotopic (exact) mass is 437 g/mol. The van der Waals surface area contributed by atoms with Crippen molar-refractivity contribution in [1.82, 2.24) is 20.2 Å². The molecule has 4 heterocycles. The second-order valence-corrected chi connectivity index (χ2v) is 8.07. The average molecular weight is 437 g/mol. The molecule has 9 heteroatoms. The van der Waals surface area contributed by atoms with Crippen LogP contribution < -0.4 is 20.5 Å². The molecule has 1 saturated heterocycles. The molecular formula is C23H24FN5O3. The number of pyridine rings is 2. The molecule has 0 spiro atoms. The van der Waals surface area contributed by atoms with Gasteiger partial charge in [-0.3, -0.25) is 14.5 Å². The number of piperazine rings is 1. The number of hydrogen-bond donors (Lipinski definition) is 2. The summed E-state index contributed by atoms with van der Waals surface area (Å²) in [5.41, 5.74) is 2.44. The molecule has 3 aromatic rings. The first kappa shape index (κ1) is 20.4. The van der Waals surface area contributed by atoms with Crippen molar-refractivity contribution in [2.24, 2.45) is 0 Å². The number of nitrogens with zero attached hydrogens (tertiary/aromatic N) is 3. The van der Waals surface area contributed by atoms with Crippen LogP contribution in [0.1, 0.15) is 21.6 Å². The zero-order valence-electron chi connectivity index (χ0n) is 17.8. The Kier molecular flexibility index (Phi) is 5.26. The van der Waals surface area contributed by atoms with E-state index < -0.39 is 5.82 Å². The summed E-state index contributed by atoms with van der Waals surface area (Å²) in [6.07, 6.45) is 2.26. The highest BCUT2D eigenvalue weighted by Gasteiger charge is 2.24. The molecule has 2 N–H and O–H groups in total. The third-order valence-electron chi connectivity index (χ3n) is 6.19. The minimum Gasteiger partial charge on any atom is -0.492 e. The van der Waals surface area contributed by atoms with Crippen molar-refractivity contribution in [1.29, 1.82) is 0 Å². The fourth-order valence-electron chi connectivity index (χ4n) is 4.40. The van der Waals surface area contributed by atoms with E-state index in [1.54, 1.807) is 25.4 Å². The maximum atomic E-state index is 15.2. The van der Waals surface area contributed by atoms with Gasteiger partial charge in [0, 0.05) is 57.1 Å².